The standard InChI is InChI=1S/C19H27N3O6S/c1-5-27-18(25)13-11(3)14(16(24)20-4)29-17(13)21-15(23)12-8-7-9-22(10-12)19(26)28-6-2/h12H,5-10H2,1-4H3,(H,20,24)(H,21,23). The van der Waals surface area contributed by atoms with Crippen molar-refractivity contribution in [3.63, 3.8) is 0 Å². The van der Waals surface area contributed by atoms with Gasteiger partial charge in [-0.1, -0.05) is 0 Å². The average molecular weight is 426 g/mol. The molecule has 1 fully saturated rings. The molecule has 10 heteroatoms. The number of esters is 1. The Labute approximate surface area is 173 Å². The van der Waals surface area contributed by atoms with Gasteiger partial charge in [-0.15, -0.1) is 11.3 Å². The number of anilines is 1. The van der Waals surface area contributed by atoms with E-state index in [-0.39, 0.29) is 42.1 Å². The molecule has 1 saturated heterocycles. The Balaban J connectivity index is 2.23. The molecule has 1 aromatic heterocycles. The van der Waals surface area contributed by atoms with E-state index >= 15 is 0 Å². The third-order valence-corrected chi connectivity index (χ3v) is 5.82. The van der Waals surface area contributed by atoms with Crippen LogP contribution in [0.5, 0.6) is 0 Å². The molecule has 160 valence electrons. The number of thiophene rings is 1. The second kappa shape index (κ2) is 10.2. The molecule has 29 heavy (non-hydrogen) atoms. The van der Waals surface area contributed by atoms with E-state index in [1.165, 1.54) is 11.9 Å². The molecule has 9 nitrogen and oxygen atoms in total. The van der Waals surface area contributed by atoms with E-state index in [0.29, 0.717) is 29.8 Å². The van der Waals surface area contributed by atoms with Crippen LogP contribution in [0.2, 0.25) is 0 Å². The molecule has 1 aliphatic heterocycles. The largest absolute Gasteiger partial charge is 0.462 e. The van der Waals surface area contributed by atoms with Crippen LogP contribution in [0.4, 0.5) is 9.80 Å². The van der Waals surface area contributed by atoms with E-state index in [2.05, 4.69) is 10.6 Å². The van der Waals surface area contributed by atoms with Gasteiger partial charge < -0.3 is 25.0 Å². The first kappa shape index (κ1) is 22.7. The summed E-state index contributed by atoms with van der Waals surface area (Å²) < 4.78 is 10.1. The molecule has 2 rings (SSSR count). The van der Waals surface area contributed by atoms with Gasteiger partial charge in [-0.2, -0.15) is 0 Å². The maximum absolute atomic E-state index is 12.9. The minimum Gasteiger partial charge on any atom is -0.462 e. The van der Waals surface area contributed by atoms with Gasteiger partial charge >= 0.3 is 12.1 Å². The lowest BCUT2D eigenvalue weighted by atomic mass is 9.97. The third kappa shape index (κ3) is 5.26. The molecule has 1 unspecified atom stereocenters. The second-order valence-electron chi connectivity index (χ2n) is 6.53. The van der Waals surface area contributed by atoms with Crippen molar-refractivity contribution in [1.29, 1.82) is 0 Å². The Morgan fingerprint density at radius 3 is 2.48 bits per heavy atom. The number of hydrogen-bond acceptors (Lipinski definition) is 7. The van der Waals surface area contributed by atoms with Gasteiger partial charge in [0.05, 0.1) is 29.6 Å². The van der Waals surface area contributed by atoms with Gasteiger partial charge in [0.2, 0.25) is 5.91 Å². The van der Waals surface area contributed by atoms with E-state index in [0.717, 1.165) is 11.3 Å². The van der Waals surface area contributed by atoms with E-state index < -0.39 is 18.0 Å². The number of piperidine rings is 1. The summed E-state index contributed by atoms with van der Waals surface area (Å²) in [5, 5.41) is 5.58. The van der Waals surface area contributed by atoms with Crippen LogP contribution in [0.1, 0.15) is 52.3 Å². The minimum absolute atomic E-state index is 0.175. The number of hydrogen-bond donors (Lipinski definition) is 2. The predicted octanol–water partition coefficient (Wildman–Crippen LogP) is 2.40. The highest BCUT2D eigenvalue weighted by molar-refractivity contribution is 7.18. The summed E-state index contributed by atoms with van der Waals surface area (Å²) in [6, 6.07) is 0. The molecule has 0 radical (unpaired) electrons. The zero-order valence-corrected chi connectivity index (χ0v) is 17.9. The lowest BCUT2D eigenvalue weighted by Gasteiger charge is -2.31. The van der Waals surface area contributed by atoms with Crippen LogP contribution in [-0.4, -0.2) is 62.1 Å². The smallest absolute Gasteiger partial charge is 0.409 e. The molecule has 3 amide bonds. The first-order valence-electron chi connectivity index (χ1n) is 9.59. The Kier molecular flexibility index (Phi) is 8.00. The maximum Gasteiger partial charge on any atom is 0.409 e. The SMILES string of the molecule is CCOC(=O)c1c(NC(=O)C2CCCN(C(=O)OCC)C2)sc(C(=O)NC)c1C. The van der Waals surface area contributed by atoms with Crippen molar-refractivity contribution in [2.45, 2.75) is 33.6 Å². The Morgan fingerprint density at radius 1 is 1.17 bits per heavy atom. The molecule has 2 heterocycles. The summed E-state index contributed by atoms with van der Waals surface area (Å²) in [6.07, 6.45) is 0.851. The summed E-state index contributed by atoms with van der Waals surface area (Å²) in [7, 11) is 1.50. The Bertz CT molecular complexity index is 791. The number of nitrogens with zero attached hydrogens (tertiary/aromatic N) is 1. The molecular formula is C19H27N3O6S. The van der Waals surface area contributed by atoms with E-state index in [1.54, 1.807) is 20.8 Å². The van der Waals surface area contributed by atoms with Crippen molar-refractivity contribution >= 4 is 40.2 Å². The quantitative estimate of drug-likeness (QED) is 0.677. The zero-order chi connectivity index (χ0) is 21.6. The van der Waals surface area contributed by atoms with Crippen molar-refractivity contribution in [3.05, 3.63) is 16.0 Å². The summed E-state index contributed by atoms with van der Waals surface area (Å²) in [5.74, 6) is -1.68. The summed E-state index contributed by atoms with van der Waals surface area (Å²) in [6.45, 7) is 6.28. The molecular weight excluding hydrogens is 398 g/mol. The highest BCUT2D eigenvalue weighted by atomic mass is 32.1. The first-order valence-corrected chi connectivity index (χ1v) is 10.4. The molecule has 1 atom stereocenters. The highest BCUT2D eigenvalue weighted by Crippen LogP contribution is 2.34. The lowest BCUT2D eigenvalue weighted by molar-refractivity contribution is -0.121. The van der Waals surface area contributed by atoms with E-state index in [4.69, 9.17) is 9.47 Å². The minimum atomic E-state index is -0.594. The van der Waals surface area contributed by atoms with E-state index in [1.807, 2.05) is 0 Å². The van der Waals surface area contributed by atoms with Crippen molar-refractivity contribution in [1.82, 2.24) is 10.2 Å². The van der Waals surface area contributed by atoms with Crippen LogP contribution in [0, 0.1) is 12.8 Å². The number of ether oxygens (including phenoxy) is 2. The van der Waals surface area contributed by atoms with Gasteiger partial charge in [0.1, 0.15) is 5.00 Å². The summed E-state index contributed by atoms with van der Waals surface area (Å²) >= 11 is 1.03. The van der Waals surface area contributed by atoms with Crippen molar-refractivity contribution in [2.24, 2.45) is 5.92 Å². The number of amides is 3. The topological polar surface area (TPSA) is 114 Å². The van der Waals surface area contributed by atoms with Crippen LogP contribution in [0.15, 0.2) is 0 Å². The third-order valence-electron chi connectivity index (χ3n) is 4.61. The Morgan fingerprint density at radius 2 is 1.86 bits per heavy atom. The second-order valence-corrected chi connectivity index (χ2v) is 7.55. The molecule has 0 spiro atoms. The zero-order valence-electron chi connectivity index (χ0n) is 17.1. The van der Waals surface area contributed by atoms with Crippen LogP contribution in [-0.2, 0) is 14.3 Å². The van der Waals surface area contributed by atoms with Crippen LogP contribution in [0.25, 0.3) is 0 Å². The predicted molar refractivity (Wildman–Crippen MR) is 108 cm³/mol. The number of likely N-dealkylation sites (tertiary alicyclic amines) is 1. The number of carbonyl (C=O) groups excluding carboxylic acids is 4. The number of carbonyl (C=O) groups is 4. The van der Waals surface area contributed by atoms with E-state index in [9.17, 15) is 19.2 Å². The molecule has 0 aliphatic carbocycles. The fraction of sp³-hybridized carbons (Fsp3) is 0.579. The van der Waals surface area contributed by atoms with Gasteiger partial charge in [0.15, 0.2) is 0 Å². The van der Waals surface area contributed by atoms with Crippen molar-refractivity contribution < 1.29 is 28.7 Å². The summed E-state index contributed by atoms with van der Waals surface area (Å²) in [4.78, 5) is 51.2. The van der Waals surface area contributed by atoms with Gasteiger partial charge in [-0.05, 0) is 39.2 Å². The molecule has 2 N–H and O–H groups in total. The number of nitrogens with one attached hydrogen (secondary N) is 2. The van der Waals surface area contributed by atoms with Gasteiger partial charge in [0, 0.05) is 20.1 Å². The highest BCUT2D eigenvalue weighted by Gasteiger charge is 2.32. The molecule has 0 bridgehead atoms. The normalized spacial score (nSPS) is 16.1. The van der Waals surface area contributed by atoms with Crippen LogP contribution >= 0.6 is 11.3 Å². The maximum atomic E-state index is 12.9. The molecule has 0 saturated carbocycles. The summed E-state index contributed by atoms with van der Waals surface area (Å²) in [5.41, 5.74) is 0.641. The number of rotatable bonds is 6. The monoisotopic (exact) mass is 425 g/mol. The Hall–Kier alpha value is -2.62. The fourth-order valence-corrected chi connectivity index (χ4v) is 4.31. The van der Waals surface area contributed by atoms with Crippen molar-refractivity contribution in [2.75, 3.05) is 38.7 Å². The molecule has 1 aliphatic rings. The van der Waals surface area contributed by atoms with Gasteiger partial charge in [-0.25, -0.2) is 9.59 Å². The molecule has 1 aromatic rings. The van der Waals surface area contributed by atoms with Gasteiger partial charge in [-0.3, -0.25) is 9.59 Å². The van der Waals surface area contributed by atoms with Gasteiger partial charge in [0.25, 0.3) is 5.91 Å². The van der Waals surface area contributed by atoms with Crippen LogP contribution in [0.3, 0.4) is 0 Å². The lowest BCUT2D eigenvalue weighted by Crippen LogP contribution is -2.44. The average Bonchev–Trinajstić information content (AvgIpc) is 3.03. The van der Waals surface area contributed by atoms with Crippen molar-refractivity contribution in [3.8, 4) is 0 Å². The fourth-order valence-electron chi connectivity index (χ4n) is 3.17. The first-order chi connectivity index (χ1) is 13.8. The van der Waals surface area contributed by atoms with Crippen LogP contribution < -0.4 is 10.6 Å². The molecule has 0 aromatic carbocycles.